The van der Waals surface area contributed by atoms with E-state index in [0.29, 0.717) is 6.54 Å². The highest BCUT2D eigenvalue weighted by molar-refractivity contribution is 14.0. The fourth-order valence-electron chi connectivity index (χ4n) is 3.59. The van der Waals surface area contributed by atoms with Crippen molar-refractivity contribution < 1.29 is 4.74 Å². The highest BCUT2D eigenvalue weighted by Crippen LogP contribution is 2.31. The fourth-order valence-corrected chi connectivity index (χ4v) is 4.30. The van der Waals surface area contributed by atoms with E-state index in [9.17, 15) is 0 Å². The molecule has 0 spiro atoms. The Hall–Kier alpha value is -1.39. The van der Waals surface area contributed by atoms with Gasteiger partial charge in [-0.15, -0.1) is 35.3 Å². The van der Waals surface area contributed by atoms with Gasteiger partial charge in [0.2, 0.25) is 0 Å². The SMILES string of the molecule is CCNC(=NCc1ncc(C)s1)NCC(c1ccccc1OC)N1CCCC1.I. The number of hydrogen-bond donors (Lipinski definition) is 2. The molecule has 0 amide bonds. The monoisotopic (exact) mass is 529 g/mol. The Labute approximate surface area is 195 Å². The van der Waals surface area contributed by atoms with Gasteiger partial charge >= 0.3 is 0 Å². The number of ether oxygens (including phenoxy) is 1. The normalized spacial score (nSPS) is 15.6. The first-order chi connectivity index (χ1) is 13.7. The molecule has 1 aromatic heterocycles. The number of rotatable bonds is 8. The Morgan fingerprint density at radius 2 is 2.03 bits per heavy atom. The number of benzene rings is 1. The zero-order chi connectivity index (χ0) is 19.8. The van der Waals surface area contributed by atoms with Gasteiger partial charge in [0.05, 0.1) is 19.7 Å². The molecule has 2 heterocycles. The van der Waals surface area contributed by atoms with Crippen molar-refractivity contribution in [3.8, 4) is 5.75 Å². The van der Waals surface area contributed by atoms with Crippen LogP contribution in [0.2, 0.25) is 0 Å². The maximum Gasteiger partial charge on any atom is 0.191 e. The van der Waals surface area contributed by atoms with E-state index in [0.717, 1.165) is 42.9 Å². The Morgan fingerprint density at radius 1 is 1.28 bits per heavy atom. The Kier molecular flexibility index (Phi) is 10.2. The number of aliphatic imine (C=N–C) groups is 1. The molecular formula is C21H32IN5OS. The number of thiazole rings is 1. The van der Waals surface area contributed by atoms with E-state index < -0.39 is 0 Å². The van der Waals surface area contributed by atoms with Crippen molar-refractivity contribution in [2.75, 3.05) is 33.3 Å². The summed E-state index contributed by atoms with van der Waals surface area (Å²) >= 11 is 1.70. The van der Waals surface area contributed by atoms with E-state index in [4.69, 9.17) is 9.73 Å². The van der Waals surface area contributed by atoms with Crippen molar-refractivity contribution in [3.63, 3.8) is 0 Å². The van der Waals surface area contributed by atoms with Gasteiger partial charge in [0.15, 0.2) is 5.96 Å². The van der Waals surface area contributed by atoms with Crippen molar-refractivity contribution in [1.82, 2.24) is 20.5 Å². The van der Waals surface area contributed by atoms with Crippen molar-refractivity contribution in [2.45, 2.75) is 39.3 Å². The zero-order valence-electron chi connectivity index (χ0n) is 17.5. The quantitative estimate of drug-likeness (QED) is 0.308. The van der Waals surface area contributed by atoms with Crippen LogP contribution in [0.25, 0.3) is 0 Å². The molecule has 3 rings (SSSR count). The number of hydrogen-bond acceptors (Lipinski definition) is 5. The molecule has 8 heteroatoms. The number of nitrogens with one attached hydrogen (secondary N) is 2. The number of aromatic nitrogens is 1. The van der Waals surface area contributed by atoms with Crippen LogP contribution in [-0.2, 0) is 6.54 Å². The molecular weight excluding hydrogens is 497 g/mol. The second-order valence-electron chi connectivity index (χ2n) is 6.94. The maximum absolute atomic E-state index is 5.64. The summed E-state index contributed by atoms with van der Waals surface area (Å²) < 4.78 is 5.64. The van der Waals surface area contributed by atoms with E-state index in [-0.39, 0.29) is 30.0 Å². The lowest BCUT2D eigenvalue weighted by molar-refractivity contribution is 0.239. The van der Waals surface area contributed by atoms with Crippen LogP contribution in [0.4, 0.5) is 0 Å². The molecule has 1 fully saturated rings. The van der Waals surface area contributed by atoms with Crippen LogP contribution in [0.5, 0.6) is 5.75 Å². The Morgan fingerprint density at radius 3 is 2.69 bits per heavy atom. The summed E-state index contributed by atoms with van der Waals surface area (Å²) in [6.07, 6.45) is 4.41. The van der Waals surface area contributed by atoms with Crippen molar-refractivity contribution >= 4 is 41.3 Å². The van der Waals surface area contributed by atoms with E-state index in [1.807, 2.05) is 18.3 Å². The minimum atomic E-state index is 0. The molecule has 1 aliphatic rings. The maximum atomic E-state index is 5.64. The summed E-state index contributed by atoms with van der Waals surface area (Å²) in [4.78, 5) is 12.9. The molecule has 6 nitrogen and oxygen atoms in total. The van der Waals surface area contributed by atoms with E-state index in [1.165, 1.54) is 23.3 Å². The second-order valence-corrected chi connectivity index (χ2v) is 8.26. The standard InChI is InChI=1S/C21H31N5OS.HI/c1-4-22-21(25-15-20-23-13-16(2)28-20)24-14-18(26-11-7-8-12-26)17-9-5-6-10-19(17)27-3;/h5-6,9-10,13,18H,4,7-8,11-12,14-15H2,1-3H3,(H2,22,24,25);1H. The third-order valence-corrected chi connectivity index (χ3v) is 5.83. The largest absolute Gasteiger partial charge is 0.496 e. The van der Waals surface area contributed by atoms with E-state index >= 15 is 0 Å². The average Bonchev–Trinajstić information content (AvgIpc) is 3.38. The summed E-state index contributed by atoms with van der Waals surface area (Å²) in [5.74, 6) is 1.77. The highest BCUT2D eigenvalue weighted by Gasteiger charge is 2.26. The molecule has 1 unspecified atom stereocenters. The first-order valence-corrected chi connectivity index (χ1v) is 10.8. The average molecular weight is 529 g/mol. The minimum Gasteiger partial charge on any atom is -0.496 e. The first-order valence-electron chi connectivity index (χ1n) is 10.0. The van der Waals surface area contributed by atoms with Gasteiger partial charge in [-0.1, -0.05) is 18.2 Å². The van der Waals surface area contributed by atoms with E-state index in [1.54, 1.807) is 18.4 Å². The second kappa shape index (κ2) is 12.3. The van der Waals surface area contributed by atoms with Crippen LogP contribution >= 0.6 is 35.3 Å². The predicted octanol–water partition coefficient (Wildman–Crippen LogP) is 3.97. The zero-order valence-corrected chi connectivity index (χ0v) is 20.6. The van der Waals surface area contributed by atoms with Crippen molar-refractivity contribution in [3.05, 3.63) is 45.9 Å². The summed E-state index contributed by atoms with van der Waals surface area (Å²) in [5, 5.41) is 7.93. The first kappa shape index (κ1) is 23.9. The van der Waals surface area contributed by atoms with Gasteiger partial charge in [-0.2, -0.15) is 0 Å². The van der Waals surface area contributed by atoms with Crippen molar-refractivity contribution in [1.29, 1.82) is 0 Å². The van der Waals surface area contributed by atoms with Crippen LogP contribution in [0.15, 0.2) is 35.5 Å². The van der Waals surface area contributed by atoms with Crippen LogP contribution in [-0.4, -0.2) is 49.1 Å². The molecule has 1 aliphatic heterocycles. The molecule has 0 aliphatic carbocycles. The number of guanidine groups is 1. The fraction of sp³-hybridized carbons (Fsp3) is 0.524. The molecule has 1 atom stereocenters. The van der Waals surface area contributed by atoms with E-state index in [2.05, 4.69) is 46.5 Å². The number of nitrogens with zero attached hydrogens (tertiary/aromatic N) is 3. The van der Waals surface area contributed by atoms with Gasteiger partial charge in [0, 0.05) is 29.7 Å². The topological polar surface area (TPSA) is 61.8 Å². The predicted molar refractivity (Wildman–Crippen MR) is 132 cm³/mol. The highest BCUT2D eigenvalue weighted by atomic mass is 127. The molecule has 0 bridgehead atoms. The lowest BCUT2D eigenvalue weighted by atomic mass is 10.0. The third-order valence-electron chi connectivity index (χ3n) is 4.93. The minimum absolute atomic E-state index is 0. The summed E-state index contributed by atoms with van der Waals surface area (Å²) in [6.45, 7) is 8.60. The molecule has 0 saturated carbocycles. The van der Waals surface area contributed by atoms with Crippen LogP contribution in [0.1, 0.15) is 41.3 Å². The number of para-hydroxylation sites is 1. The molecule has 160 valence electrons. The Balaban J connectivity index is 0.00000300. The lowest BCUT2D eigenvalue weighted by Crippen LogP contribution is -2.42. The molecule has 2 N–H and O–H groups in total. The van der Waals surface area contributed by atoms with Gasteiger partial charge in [-0.3, -0.25) is 4.90 Å². The summed E-state index contributed by atoms with van der Waals surface area (Å²) in [7, 11) is 1.74. The third kappa shape index (κ3) is 6.82. The molecule has 29 heavy (non-hydrogen) atoms. The van der Waals surface area contributed by atoms with Crippen molar-refractivity contribution in [2.24, 2.45) is 4.99 Å². The number of methoxy groups -OCH3 is 1. The smallest absolute Gasteiger partial charge is 0.191 e. The van der Waals surface area contributed by atoms with Gasteiger partial charge < -0.3 is 15.4 Å². The Bertz CT molecular complexity index is 776. The van der Waals surface area contributed by atoms with Gasteiger partial charge in [0.1, 0.15) is 10.8 Å². The van der Waals surface area contributed by atoms with Gasteiger partial charge in [-0.25, -0.2) is 9.98 Å². The van der Waals surface area contributed by atoms with Crippen LogP contribution in [0, 0.1) is 6.92 Å². The van der Waals surface area contributed by atoms with Crippen LogP contribution < -0.4 is 15.4 Å². The molecule has 0 radical (unpaired) electrons. The van der Waals surface area contributed by atoms with Gasteiger partial charge in [-0.05, 0) is 45.8 Å². The summed E-state index contributed by atoms with van der Waals surface area (Å²) in [6, 6.07) is 8.59. The number of halogens is 1. The molecule has 1 aromatic carbocycles. The summed E-state index contributed by atoms with van der Waals surface area (Å²) in [5.41, 5.74) is 1.23. The van der Waals surface area contributed by atoms with Gasteiger partial charge in [0.25, 0.3) is 0 Å². The number of likely N-dealkylation sites (tertiary alicyclic amines) is 1. The molecule has 1 saturated heterocycles. The lowest BCUT2D eigenvalue weighted by Gasteiger charge is -2.30. The number of aryl methyl sites for hydroxylation is 1. The molecule has 2 aromatic rings. The van der Waals surface area contributed by atoms with Crippen LogP contribution in [0.3, 0.4) is 0 Å².